The normalized spacial score (nSPS) is 11.3. The Morgan fingerprint density at radius 3 is 2.74 bits per heavy atom. The first-order valence-corrected chi connectivity index (χ1v) is 7.90. The van der Waals surface area contributed by atoms with Crippen LogP contribution in [0.15, 0.2) is 47.5 Å². The molecule has 0 fully saturated rings. The second-order valence-electron chi connectivity index (χ2n) is 3.99. The molecule has 0 N–H and O–H groups in total. The van der Waals surface area contributed by atoms with Crippen molar-refractivity contribution < 1.29 is 13.2 Å². The summed E-state index contributed by atoms with van der Waals surface area (Å²) in [6.07, 6.45) is 2.74. The molecule has 0 aliphatic heterocycles. The maximum Gasteiger partial charge on any atom is 0.219 e. The molecule has 0 saturated carbocycles. The summed E-state index contributed by atoms with van der Waals surface area (Å²) in [6, 6.07) is 9.77. The first-order chi connectivity index (χ1) is 8.99. The molecule has 0 spiro atoms. The fourth-order valence-corrected chi connectivity index (χ4v) is 2.30. The highest BCUT2D eigenvalue weighted by molar-refractivity contribution is 7.90. The van der Waals surface area contributed by atoms with Crippen LogP contribution in [0.4, 0.5) is 0 Å². The van der Waals surface area contributed by atoms with Crippen LogP contribution in [0.25, 0.3) is 0 Å². The van der Waals surface area contributed by atoms with Crippen molar-refractivity contribution in [3.05, 3.63) is 48.2 Å². The molecule has 19 heavy (non-hydrogen) atoms. The third kappa shape index (κ3) is 3.68. The van der Waals surface area contributed by atoms with Gasteiger partial charge in [-0.05, 0) is 29.8 Å². The lowest BCUT2D eigenvalue weighted by Crippen LogP contribution is -1.97. The highest BCUT2D eigenvalue weighted by Gasteiger charge is 2.08. The van der Waals surface area contributed by atoms with Gasteiger partial charge in [0, 0.05) is 24.4 Å². The largest absolute Gasteiger partial charge is 0.439 e. The van der Waals surface area contributed by atoms with Gasteiger partial charge >= 0.3 is 0 Å². The Balaban J connectivity index is 2.28. The molecule has 0 unspecified atom stereocenters. The molecule has 0 radical (unpaired) electrons. The smallest absolute Gasteiger partial charge is 0.219 e. The van der Waals surface area contributed by atoms with E-state index in [0.717, 1.165) is 11.8 Å². The predicted molar refractivity (Wildman–Crippen MR) is 73.4 cm³/mol. The van der Waals surface area contributed by atoms with Crippen LogP contribution in [-0.4, -0.2) is 19.7 Å². The molecular formula is C13H12ClNO3S. The first-order valence-electron chi connectivity index (χ1n) is 5.48. The third-order valence-corrected chi connectivity index (χ3v) is 3.83. The van der Waals surface area contributed by atoms with Gasteiger partial charge in [0.25, 0.3) is 0 Å². The van der Waals surface area contributed by atoms with Gasteiger partial charge in [0.2, 0.25) is 5.88 Å². The van der Waals surface area contributed by atoms with Gasteiger partial charge in [0.1, 0.15) is 5.75 Å². The lowest BCUT2D eigenvalue weighted by atomic mass is 10.3. The Morgan fingerprint density at radius 1 is 1.26 bits per heavy atom. The van der Waals surface area contributed by atoms with Gasteiger partial charge in [-0.2, -0.15) is 0 Å². The Labute approximate surface area is 116 Å². The van der Waals surface area contributed by atoms with Gasteiger partial charge in [-0.3, -0.25) is 0 Å². The molecule has 0 bridgehead atoms. The third-order valence-electron chi connectivity index (χ3n) is 2.41. The van der Waals surface area contributed by atoms with Crippen molar-refractivity contribution in [3.8, 4) is 11.6 Å². The van der Waals surface area contributed by atoms with Crippen molar-refractivity contribution in [1.82, 2.24) is 4.98 Å². The van der Waals surface area contributed by atoms with E-state index >= 15 is 0 Å². The summed E-state index contributed by atoms with van der Waals surface area (Å²) >= 11 is 5.72. The van der Waals surface area contributed by atoms with Crippen molar-refractivity contribution in [1.29, 1.82) is 0 Å². The number of sulfone groups is 1. The topological polar surface area (TPSA) is 56.3 Å². The molecule has 6 heteroatoms. The van der Waals surface area contributed by atoms with E-state index < -0.39 is 9.84 Å². The Kier molecular flexibility index (Phi) is 4.07. The highest BCUT2D eigenvalue weighted by Crippen LogP contribution is 2.23. The van der Waals surface area contributed by atoms with Gasteiger partial charge in [0.05, 0.1) is 4.90 Å². The quantitative estimate of drug-likeness (QED) is 0.814. The van der Waals surface area contributed by atoms with Crippen LogP contribution in [0.3, 0.4) is 0 Å². The van der Waals surface area contributed by atoms with E-state index in [9.17, 15) is 8.42 Å². The zero-order chi connectivity index (χ0) is 13.9. The van der Waals surface area contributed by atoms with Crippen molar-refractivity contribution in [2.24, 2.45) is 0 Å². The second-order valence-corrected chi connectivity index (χ2v) is 6.27. The molecule has 0 aliphatic rings. The number of hydrogen-bond acceptors (Lipinski definition) is 4. The summed E-state index contributed by atoms with van der Waals surface area (Å²) in [5.74, 6) is 1.16. The van der Waals surface area contributed by atoms with Crippen molar-refractivity contribution in [2.75, 3.05) is 6.26 Å². The van der Waals surface area contributed by atoms with Crippen molar-refractivity contribution >= 4 is 21.4 Å². The first kappa shape index (κ1) is 13.8. The molecule has 1 aromatic carbocycles. The fraction of sp³-hybridized carbons (Fsp3) is 0.154. The standard InChI is InChI=1S/C13H12ClNO3S/c1-19(16,17)12-4-2-3-11(8-12)18-13-7-10(9-14)5-6-15-13/h2-8H,9H2,1H3. The molecule has 0 amide bonds. The van der Waals surface area contributed by atoms with Crippen molar-refractivity contribution in [2.45, 2.75) is 10.8 Å². The van der Waals surface area contributed by atoms with Crippen LogP contribution >= 0.6 is 11.6 Å². The number of rotatable bonds is 4. The maximum atomic E-state index is 11.4. The number of alkyl halides is 1. The summed E-state index contributed by atoms with van der Waals surface area (Å²) in [4.78, 5) is 4.25. The van der Waals surface area contributed by atoms with Crippen LogP contribution in [-0.2, 0) is 15.7 Å². The molecule has 2 rings (SSSR count). The second kappa shape index (κ2) is 5.59. The number of aromatic nitrogens is 1. The van der Waals surface area contributed by atoms with Crippen LogP contribution < -0.4 is 4.74 Å². The summed E-state index contributed by atoms with van der Waals surface area (Å²) in [5.41, 5.74) is 0.880. The number of hydrogen-bond donors (Lipinski definition) is 0. The monoisotopic (exact) mass is 297 g/mol. The number of ether oxygens (including phenoxy) is 1. The van der Waals surface area contributed by atoms with E-state index in [1.165, 1.54) is 12.1 Å². The Morgan fingerprint density at radius 2 is 2.05 bits per heavy atom. The minimum atomic E-state index is -3.25. The molecule has 100 valence electrons. The van der Waals surface area contributed by atoms with Gasteiger partial charge < -0.3 is 4.74 Å². The van der Waals surface area contributed by atoms with E-state index in [2.05, 4.69) is 4.98 Å². The maximum absolute atomic E-state index is 11.4. The Bertz CT molecular complexity index is 686. The highest BCUT2D eigenvalue weighted by atomic mass is 35.5. The van der Waals surface area contributed by atoms with E-state index in [4.69, 9.17) is 16.3 Å². The Hall–Kier alpha value is -1.59. The number of halogens is 1. The molecule has 2 aromatic rings. The van der Waals surface area contributed by atoms with E-state index in [-0.39, 0.29) is 4.90 Å². The minimum absolute atomic E-state index is 0.207. The van der Waals surface area contributed by atoms with Gasteiger partial charge in [0.15, 0.2) is 9.84 Å². The SMILES string of the molecule is CS(=O)(=O)c1cccc(Oc2cc(CCl)ccn2)c1. The zero-order valence-corrected chi connectivity index (χ0v) is 11.8. The van der Waals surface area contributed by atoms with E-state index in [1.54, 1.807) is 30.5 Å². The van der Waals surface area contributed by atoms with Crippen LogP contribution in [0.5, 0.6) is 11.6 Å². The van der Waals surface area contributed by atoms with E-state index in [0.29, 0.717) is 17.5 Å². The summed E-state index contributed by atoms with van der Waals surface area (Å²) in [5, 5.41) is 0. The fourth-order valence-electron chi connectivity index (χ4n) is 1.48. The average molecular weight is 298 g/mol. The van der Waals surface area contributed by atoms with Gasteiger partial charge in [-0.15, -0.1) is 11.6 Å². The van der Waals surface area contributed by atoms with Crippen LogP contribution in [0.1, 0.15) is 5.56 Å². The molecule has 0 saturated heterocycles. The predicted octanol–water partition coefficient (Wildman–Crippen LogP) is 3.02. The molecule has 1 heterocycles. The summed E-state index contributed by atoms with van der Waals surface area (Å²) in [7, 11) is -3.25. The summed E-state index contributed by atoms with van der Waals surface area (Å²) in [6.45, 7) is 0. The summed E-state index contributed by atoms with van der Waals surface area (Å²) < 4.78 is 28.4. The molecule has 1 aromatic heterocycles. The lowest BCUT2D eigenvalue weighted by Gasteiger charge is -2.06. The zero-order valence-electron chi connectivity index (χ0n) is 10.2. The molecule has 4 nitrogen and oxygen atoms in total. The van der Waals surface area contributed by atoms with E-state index in [1.807, 2.05) is 0 Å². The number of benzene rings is 1. The number of pyridine rings is 1. The molecule has 0 aliphatic carbocycles. The van der Waals surface area contributed by atoms with Crippen LogP contribution in [0.2, 0.25) is 0 Å². The van der Waals surface area contributed by atoms with Crippen LogP contribution in [0, 0.1) is 0 Å². The minimum Gasteiger partial charge on any atom is -0.439 e. The average Bonchev–Trinajstić information content (AvgIpc) is 2.38. The van der Waals surface area contributed by atoms with Gasteiger partial charge in [-0.25, -0.2) is 13.4 Å². The molecular weight excluding hydrogens is 286 g/mol. The lowest BCUT2D eigenvalue weighted by molar-refractivity contribution is 0.461. The van der Waals surface area contributed by atoms with Gasteiger partial charge in [-0.1, -0.05) is 6.07 Å². The number of nitrogens with zero attached hydrogens (tertiary/aromatic N) is 1. The van der Waals surface area contributed by atoms with Crippen molar-refractivity contribution in [3.63, 3.8) is 0 Å². The molecule has 0 atom stereocenters.